The number of nitrogens with zero attached hydrogens (tertiary/aromatic N) is 1. The van der Waals surface area contributed by atoms with E-state index >= 15 is 0 Å². The van der Waals surface area contributed by atoms with Gasteiger partial charge in [0.1, 0.15) is 5.76 Å². The van der Waals surface area contributed by atoms with Crippen molar-refractivity contribution in [3.8, 4) is 11.5 Å². The molecule has 0 aliphatic carbocycles. The first-order chi connectivity index (χ1) is 15.5. The number of hydrogen-bond acceptors (Lipinski definition) is 4. The van der Waals surface area contributed by atoms with Gasteiger partial charge in [-0.05, 0) is 55.8 Å². The van der Waals surface area contributed by atoms with E-state index in [-0.39, 0.29) is 5.91 Å². The summed E-state index contributed by atoms with van der Waals surface area (Å²) in [6, 6.07) is 24.5. The van der Waals surface area contributed by atoms with Gasteiger partial charge in [0.15, 0.2) is 0 Å². The highest BCUT2D eigenvalue weighted by Gasteiger charge is 2.15. The molecule has 0 aliphatic rings. The number of hydrogen-bond donors (Lipinski definition) is 1. The standard InChI is InChI=1S/C26H24N2O3S/c1-18-8-10-20(11-9-18)16-27-25(29)21-12-14-22(15-13-21)26-28-24(19(2)31-26)17-32(30)23-6-4-3-5-7-23/h3-15H,16-17H2,1-2H3,(H,27,29)/t32-/m1/s1. The Labute approximate surface area is 190 Å². The molecule has 1 N–H and O–H groups in total. The maximum Gasteiger partial charge on any atom is 0.251 e. The van der Waals surface area contributed by atoms with E-state index in [1.54, 1.807) is 12.1 Å². The number of rotatable bonds is 7. The maximum atomic E-state index is 12.6. The Hall–Kier alpha value is -3.51. The molecule has 0 radical (unpaired) electrons. The van der Waals surface area contributed by atoms with E-state index in [0.717, 1.165) is 16.0 Å². The van der Waals surface area contributed by atoms with E-state index in [4.69, 9.17) is 4.42 Å². The highest BCUT2D eigenvalue weighted by molar-refractivity contribution is 7.84. The van der Waals surface area contributed by atoms with Crippen LogP contribution in [0.15, 0.2) is 88.2 Å². The van der Waals surface area contributed by atoms with Crippen LogP contribution in [0.5, 0.6) is 0 Å². The summed E-state index contributed by atoms with van der Waals surface area (Å²) >= 11 is 0. The number of oxazole rings is 1. The Morgan fingerprint density at radius 3 is 2.31 bits per heavy atom. The average Bonchev–Trinajstić information content (AvgIpc) is 3.19. The smallest absolute Gasteiger partial charge is 0.251 e. The largest absolute Gasteiger partial charge is 0.441 e. The molecular weight excluding hydrogens is 420 g/mol. The van der Waals surface area contributed by atoms with Gasteiger partial charge in [-0.2, -0.15) is 0 Å². The Morgan fingerprint density at radius 1 is 0.938 bits per heavy atom. The van der Waals surface area contributed by atoms with E-state index in [1.807, 2.05) is 80.6 Å². The highest BCUT2D eigenvalue weighted by Crippen LogP contribution is 2.24. The van der Waals surface area contributed by atoms with Crippen molar-refractivity contribution >= 4 is 16.7 Å². The van der Waals surface area contributed by atoms with Crippen LogP contribution in [0.25, 0.3) is 11.5 Å². The van der Waals surface area contributed by atoms with Gasteiger partial charge in [-0.15, -0.1) is 0 Å². The third-order valence-electron chi connectivity index (χ3n) is 5.13. The van der Waals surface area contributed by atoms with E-state index in [0.29, 0.717) is 35.2 Å². The van der Waals surface area contributed by atoms with Gasteiger partial charge >= 0.3 is 0 Å². The van der Waals surface area contributed by atoms with Gasteiger partial charge in [0.25, 0.3) is 5.91 Å². The number of nitrogens with one attached hydrogen (secondary N) is 1. The first kappa shape index (κ1) is 21.7. The Bertz CT molecular complexity index is 1230. The molecule has 6 heteroatoms. The molecule has 1 heterocycles. The molecule has 162 valence electrons. The molecule has 32 heavy (non-hydrogen) atoms. The van der Waals surface area contributed by atoms with Crippen molar-refractivity contribution in [2.75, 3.05) is 0 Å². The summed E-state index contributed by atoms with van der Waals surface area (Å²) in [6.07, 6.45) is 0. The number of benzene rings is 3. The van der Waals surface area contributed by atoms with Crippen LogP contribution in [0.2, 0.25) is 0 Å². The summed E-state index contributed by atoms with van der Waals surface area (Å²) in [4.78, 5) is 17.8. The SMILES string of the molecule is Cc1ccc(CNC(=O)c2ccc(-c3nc(C[S@@](=O)c4ccccc4)c(C)o3)cc2)cc1. The molecule has 0 saturated heterocycles. The molecule has 4 aromatic rings. The third kappa shape index (κ3) is 5.21. The zero-order chi connectivity index (χ0) is 22.5. The fraction of sp³-hybridized carbons (Fsp3) is 0.154. The molecule has 0 bridgehead atoms. The lowest BCUT2D eigenvalue weighted by atomic mass is 10.1. The number of aryl methyl sites for hydroxylation is 2. The van der Waals surface area contributed by atoms with E-state index in [9.17, 15) is 9.00 Å². The summed E-state index contributed by atoms with van der Waals surface area (Å²) in [7, 11) is -1.19. The number of carbonyl (C=O) groups excluding carboxylic acids is 1. The van der Waals surface area contributed by atoms with Crippen molar-refractivity contribution in [3.63, 3.8) is 0 Å². The molecule has 0 spiro atoms. The molecule has 3 aromatic carbocycles. The van der Waals surface area contributed by atoms with Crippen LogP contribution in [0.4, 0.5) is 0 Å². The van der Waals surface area contributed by atoms with Crippen molar-refractivity contribution in [1.82, 2.24) is 10.3 Å². The third-order valence-corrected chi connectivity index (χ3v) is 6.47. The van der Waals surface area contributed by atoms with E-state index < -0.39 is 10.8 Å². The summed E-state index contributed by atoms with van der Waals surface area (Å²) in [5.41, 5.74) is 4.24. The molecule has 1 atom stereocenters. The summed E-state index contributed by atoms with van der Waals surface area (Å²) in [6.45, 7) is 4.33. The van der Waals surface area contributed by atoms with Crippen LogP contribution in [0, 0.1) is 13.8 Å². The van der Waals surface area contributed by atoms with Crippen LogP contribution in [0.3, 0.4) is 0 Å². The van der Waals surface area contributed by atoms with Crippen molar-refractivity contribution in [3.05, 3.63) is 107 Å². The first-order valence-corrected chi connectivity index (χ1v) is 11.7. The lowest BCUT2D eigenvalue weighted by Gasteiger charge is -2.06. The lowest BCUT2D eigenvalue weighted by Crippen LogP contribution is -2.22. The second-order valence-corrected chi connectivity index (χ2v) is 9.02. The molecule has 1 amide bonds. The van der Waals surface area contributed by atoms with Gasteiger partial charge < -0.3 is 9.73 Å². The average molecular weight is 445 g/mol. The number of carbonyl (C=O) groups is 1. The Morgan fingerprint density at radius 2 is 1.62 bits per heavy atom. The lowest BCUT2D eigenvalue weighted by molar-refractivity contribution is 0.0951. The second-order valence-electron chi connectivity index (χ2n) is 7.57. The minimum atomic E-state index is -1.19. The Kier molecular flexibility index (Phi) is 6.61. The molecule has 4 rings (SSSR count). The van der Waals surface area contributed by atoms with Gasteiger partial charge in [-0.25, -0.2) is 4.98 Å². The zero-order valence-corrected chi connectivity index (χ0v) is 18.8. The summed E-state index contributed by atoms with van der Waals surface area (Å²) in [5.74, 6) is 1.25. The first-order valence-electron chi connectivity index (χ1n) is 10.3. The van der Waals surface area contributed by atoms with Crippen LogP contribution in [-0.2, 0) is 23.1 Å². The predicted molar refractivity (Wildman–Crippen MR) is 126 cm³/mol. The predicted octanol–water partition coefficient (Wildman–Crippen LogP) is 5.20. The second kappa shape index (κ2) is 9.75. The van der Waals surface area contributed by atoms with Crippen LogP contribution in [-0.4, -0.2) is 15.1 Å². The fourth-order valence-electron chi connectivity index (χ4n) is 3.22. The maximum absolute atomic E-state index is 12.6. The number of amides is 1. The van der Waals surface area contributed by atoms with Crippen LogP contribution in [0.1, 0.15) is 32.9 Å². The number of aromatic nitrogens is 1. The Balaban J connectivity index is 1.41. The van der Waals surface area contributed by atoms with Crippen molar-refractivity contribution in [1.29, 1.82) is 0 Å². The topological polar surface area (TPSA) is 72.2 Å². The van der Waals surface area contributed by atoms with Crippen molar-refractivity contribution < 1.29 is 13.4 Å². The monoisotopic (exact) mass is 444 g/mol. The van der Waals surface area contributed by atoms with E-state index in [2.05, 4.69) is 10.3 Å². The zero-order valence-electron chi connectivity index (χ0n) is 18.0. The van der Waals surface area contributed by atoms with Crippen LogP contribution < -0.4 is 5.32 Å². The molecule has 0 unspecified atom stereocenters. The van der Waals surface area contributed by atoms with Gasteiger partial charge in [-0.3, -0.25) is 9.00 Å². The molecule has 0 saturated carbocycles. The van der Waals surface area contributed by atoms with Gasteiger partial charge in [0, 0.05) is 22.6 Å². The van der Waals surface area contributed by atoms with E-state index in [1.165, 1.54) is 5.56 Å². The summed E-state index contributed by atoms with van der Waals surface area (Å²) in [5, 5.41) is 2.93. The van der Waals surface area contributed by atoms with Gasteiger partial charge in [0.2, 0.25) is 5.89 Å². The van der Waals surface area contributed by atoms with Gasteiger partial charge in [-0.1, -0.05) is 48.0 Å². The molecule has 1 aromatic heterocycles. The molecule has 0 aliphatic heterocycles. The van der Waals surface area contributed by atoms with Crippen LogP contribution >= 0.6 is 0 Å². The molecule has 5 nitrogen and oxygen atoms in total. The van der Waals surface area contributed by atoms with Crippen molar-refractivity contribution in [2.45, 2.75) is 31.0 Å². The quantitative estimate of drug-likeness (QED) is 0.425. The summed E-state index contributed by atoms with van der Waals surface area (Å²) < 4.78 is 18.4. The fourth-order valence-corrected chi connectivity index (χ4v) is 4.36. The normalized spacial score (nSPS) is 11.8. The molecular formula is C26H24N2O3S. The molecule has 0 fully saturated rings. The highest BCUT2D eigenvalue weighted by atomic mass is 32.2. The van der Waals surface area contributed by atoms with Crippen molar-refractivity contribution in [2.24, 2.45) is 0 Å². The minimum Gasteiger partial charge on any atom is -0.441 e. The van der Waals surface area contributed by atoms with Gasteiger partial charge in [0.05, 0.1) is 22.2 Å². The minimum absolute atomic E-state index is 0.139.